The van der Waals surface area contributed by atoms with E-state index >= 15 is 0 Å². The number of halogens is 4. The Balaban J connectivity index is 1.89. The number of pyridine rings is 1. The van der Waals surface area contributed by atoms with E-state index in [1.54, 1.807) is 12.1 Å². The largest absolute Gasteiger partial charge is 0.416 e. The van der Waals surface area contributed by atoms with Crippen LogP contribution < -0.4 is 10.2 Å². The Kier molecular flexibility index (Phi) is 4.81. The number of anilines is 2. The molecule has 26 heavy (non-hydrogen) atoms. The van der Waals surface area contributed by atoms with Crippen LogP contribution in [0.2, 0.25) is 5.02 Å². The lowest BCUT2D eigenvalue weighted by Gasteiger charge is -2.11. The summed E-state index contributed by atoms with van der Waals surface area (Å²) in [7, 11) is 3.68. The Morgan fingerprint density at radius 1 is 1.23 bits per heavy atom. The molecule has 4 nitrogen and oxygen atoms in total. The van der Waals surface area contributed by atoms with Crippen molar-refractivity contribution >= 4 is 50.4 Å². The van der Waals surface area contributed by atoms with Crippen molar-refractivity contribution in [2.45, 2.75) is 6.18 Å². The van der Waals surface area contributed by atoms with Gasteiger partial charge in [0.25, 0.3) is 5.91 Å². The van der Waals surface area contributed by atoms with Crippen LogP contribution in [0, 0.1) is 0 Å². The molecule has 136 valence electrons. The molecule has 0 aliphatic carbocycles. The topological polar surface area (TPSA) is 45.2 Å². The second-order valence-electron chi connectivity index (χ2n) is 5.71. The SMILES string of the molecule is CN(C)c1ccc(NC(=O)c2sc3cc(C(F)(F)F)ccc3c2Cl)cn1. The maximum atomic E-state index is 12.8. The fraction of sp³-hybridized carbons (Fsp3) is 0.176. The summed E-state index contributed by atoms with van der Waals surface area (Å²) in [6.45, 7) is 0. The first-order valence-electron chi connectivity index (χ1n) is 7.41. The van der Waals surface area contributed by atoms with Crippen molar-refractivity contribution in [3.05, 3.63) is 52.0 Å². The van der Waals surface area contributed by atoms with Crippen molar-refractivity contribution < 1.29 is 18.0 Å². The van der Waals surface area contributed by atoms with Crippen LogP contribution in [0.3, 0.4) is 0 Å². The third-order valence-electron chi connectivity index (χ3n) is 3.63. The van der Waals surface area contributed by atoms with Crippen LogP contribution >= 0.6 is 22.9 Å². The summed E-state index contributed by atoms with van der Waals surface area (Å²) < 4.78 is 38.8. The van der Waals surface area contributed by atoms with Gasteiger partial charge in [0.2, 0.25) is 0 Å². The third-order valence-corrected chi connectivity index (χ3v) is 5.28. The molecule has 9 heteroatoms. The zero-order valence-corrected chi connectivity index (χ0v) is 15.3. The van der Waals surface area contributed by atoms with E-state index in [-0.39, 0.29) is 9.90 Å². The monoisotopic (exact) mass is 399 g/mol. The minimum Gasteiger partial charge on any atom is -0.363 e. The lowest BCUT2D eigenvalue weighted by Crippen LogP contribution is -2.13. The number of aromatic nitrogens is 1. The first-order chi connectivity index (χ1) is 12.2. The molecule has 0 aliphatic rings. The van der Waals surface area contributed by atoms with Gasteiger partial charge in [-0.25, -0.2) is 4.98 Å². The fourth-order valence-corrected chi connectivity index (χ4v) is 3.75. The highest BCUT2D eigenvalue weighted by molar-refractivity contribution is 7.21. The molecule has 0 atom stereocenters. The van der Waals surface area contributed by atoms with Gasteiger partial charge < -0.3 is 10.2 Å². The van der Waals surface area contributed by atoms with Crippen molar-refractivity contribution in [3.63, 3.8) is 0 Å². The molecule has 2 heterocycles. The van der Waals surface area contributed by atoms with Gasteiger partial charge in [-0.1, -0.05) is 17.7 Å². The summed E-state index contributed by atoms with van der Waals surface area (Å²) in [6, 6.07) is 6.64. The number of nitrogens with one attached hydrogen (secondary N) is 1. The highest BCUT2D eigenvalue weighted by Gasteiger charge is 2.31. The molecular weight excluding hydrogens is 387 g/mol. The first kappa shape index (κ1) is 18.5. The van der Waals surface area contributed by atoms with Gasteiger partial charge >= 0.3 is 6.18 Å². The van der Waals surface area contributed by atoms with Gasteiger partial charge in [-0.3, -0.25) is 4.79 Å². The van der Waals surface area contributed by atoms with Gasteiger partial charge in [-0.15, -0.1) is 11.3 Å². The van der Waals surface area contributed by atoms with Crippen LogP contribution in [0.4, 0.5) is 24.7 Å². The number of thiophene rings is 1. The number of rotatable bonds is 3. The molecule has 2 aromatic heterocycles. The highest BCUT2D eigenvalue weighted by atomic mass is 35.5. The van der Waals surface area contributed by atoms with E-state index in [1.165, 1.54) is 12.3 Å². The number of carbonyl (C=O) groups is 1. The van der Waals surface area contributed by atoms with E-state index in [4.69, 9.17) is 11.6 Å². The zero-order valence-electron chi connectivity index (χ0n) is 13.7. The molecule has 0 spiro atoms. The summed E-state index contributed by atoms with van der Waals surface area (Å²) in [5.74, 6) is 0.228. The lowest BCUT2D eigenvalue weighted by molar-refractivity contribution is -0.137. The predicted molar refractivity (Wildman–Crippen MR) is 98.4 cm³/mol. The fourth-order valence-electron chi connectivity index (χ4n) is 2.30. The normalized spacial score (nSPS) is 11.6. The number of carbonyl (C=O) groups excluding carboxylic acids is 1. The second kappa shape index (κ2) is 6.77. The molecule has 3 rings (SSSR count). The number of hydrogen-bond donors (Lipinski definition) is 1. The number of nitrogens with zero attached hydrogens (tertiary/aromatic N) is 2. The molecule has 0 fully saturated rings. The van der Waals surface area contributed by atoms with E-state index in [9.17, 15) is 18.0 Å². The molecule has 1 amide bonds. The van der Waals surface area contributed by atoms with Crippen molar-refractivity contribution in [2.75, 3.05) is 24.3 Å². The van der Waals surface area contributed by atoms with Crippen LogP contribution in [0.1, 0.15) is 15.2 Å². The molecule has 1 N–H and O–H groups in total. The number of fused-ring (bicyclic) bond motifs is 1. The Morgan fingerprint density at radius 2 is 1.96 bits per heavy atom. The van der Waals surface area contributed by atoms with E-state index < -0.39 is 17.6 Å². The molecule has 3 aromatic rings. The molecule has 0 radical (unpaired) electrons. The average molecular weight is 400 g/mol. The third kappa shape index (κ3) is 3.61. The average Bonchev–Trinajstić information content (AvgIpc) is 2.91. The van der Waals surface area contributed by atoms with Gasteiger partial charge in [0.05, 0.1) is 22.5 Å². The number of hydrogen-bond acceptors (Lipinski definition) is 4. The van der Waals surface area contributed by atoms with Crippen LogP contribution in [-0.4, -0.2) is 25.0 Å². The van der Waals surface area contributed by atoms with E-state index in [0.717, 1.165) is 29.3 Å². The highest BCUT2D eigenvalue weighted by Crippen LogP contribution is 2.39. The van der Waals surface area contributed by atoms with Gasteiger partial charge in [0.1, 0.15) is 10.7 Å². The van der Waals surface area contributed by atoms with Gasteiger partial charge in [-0.2, -0.15) is 13.2 Å². The first-order valence-corrected chi connectivity index (χ1v) is 8.60. The van der Waals surface area contributed by atoms with Crippen molar-refractivity contribution in [1.82, 2.24) is 4.98 Å². The smallest absolute Gasteiger partial charge is 0.363 e. The lowest BCUT2D eigenvalue weighted by atomic mass is 10.1. The quantitative estimate of drug-likeness (QED) is 0.651. The Labute approximate surface area is 156 Å². The van der Waals surface area contributed by atoms with Gasteiger partial charge in [0.15, 0.2) is 0 Å². The molecule has 0 aliphatic heterocycles. The minimum atomic E-state index is -4.45. The Hall–Kier alpha value is -2.32. The molecular formula is C17H13ClF3N3OS. The predicted octanol–water partition coefficient (Wildman–Crippen LogP) is 5.29. The van der Waals surface area contributed by atoms with E-state index in [1.807, 2.05) is 19.0 Å². The number of benzene rings is 1. The van der Waals surface area contributed by atoms with Crippen LogP contribution in [-0.2, 0) is 6.18 Å². The molecule has 1 aromatic carbocycles. The van der Waals surface area contributed by atoms with Gasteiger partial charge in [0, 0.05) is 24.2 Å². The van der Waals surface area contributed by atoms with E-state index in [0.29, 0.717) is 15.8 Å². The molecule has 0 saturated carbocycles. The van der Waals surface area contributed by atoms with E-state index in [2.05, 4.69) is 10.3 Å². The van der Waals surface area contributed by atoms with Crippen molar-refractivity contribution in [1.29, 1.82) is 0 Å². The van der Waals surface area contributed by atoms with Gasteiger partial charge in [-0.05, 0) is 24.3 Å². The Morgan fingerprint density at radius 3 is 2.54 bits per heavy atom. The summed E-state index contributed by atoms with van der Waals surface area (Å²) in [4.78, 5) is 18.6. The minimum absolute atomic E-state index is 0.133. The van der Waals surface area contributed by atoms with Crippen molar-refractivity contribution in [3.8, 4) is 0 Å². The zero-order chi connectivity index (χ0) is 19.1. The summed E-state index contributed by atoms with van der Waals surface area (Å²) >= 11 is 7.11. The van der Waals surface area contributed by atoms with Crippen molar-refractivity contribution in [2.24, 2.45) is 0 Å². The van der Waals surface area contributed by atoms with Crippen LogP contribution in [0.25, 0.3) is 10.1 Å². The Bertz CT molecular complexity index is 968. The maximum absolute atomic E-state index is 12.8. The molecule has 0 unspecified atom stereocenters. The number of amides is 1. The standard InChI is InChI=1S/C17H13ClF3N3OS/c1-24(2)13-6-4-10(8-22-13)23-16(25)15-14(18)11-5-3-9(17(19,20)21)7-12(11)26-15/h3-8H,1-2H3,(H,23,25). The molecule has 0 bridgehead atoms. The summed E-state index contributed by atoms with van der Waals surface area (Å²) in [6.07, 6.45) is -2.96. The molecule has 0 saturated heterocycles. The number of alkyl halides is 3. The second-order valence-corrected chi connectivity index (χ2v) is 7.14. The summed E-state index contributed by atoms with van der Waals surface area (Å²) in [5, 5.41) is 3.20. The maximum Gasteiger partial charge on any atom is 0.416 e. The van der Waals surface area contributed by atoms with Crippen LogP contribution in [0.15, 0.2) is 36.5 Å². The van der Waals surface area contributed by atoms with Crippen LogP contribution in [0.5, 0.6) is 0 Å². The summed E-state index contributed by atoms with van der Waals surface area (Å²) in [5.41, 5.74) is -0.316.